The van der Waals surface area contributed by atoms with Gasteiger partial charge in [-0.05, 0) is 80.2 Å². The van der Waals surface area contributed by atoms with Crippen LogP contribution in [-0.4, -0.2) is 44.3 Å². The van der Waals surface area contributed by atoms with Gasteiger partial charge in [-0.15, -0.1) is 11.3 Å². The van der Waals surface area contributed by atoms with Crippen LogP contribution in [0.2, 0.25) is 0 Å². The summed E-state index contributed by atoms with van der Waals surface area (Å²) in [5.41, 5.74) is 1.77. The number of ether oxygens (including phenoxy) is 1. The zero-order chi connectivity index (χ0) is 25.3. The lowest BCUT2D eigenvalue weighted by atomic mass is 9.88. The average molecular weight is 519 g/mol. The summed E-state index contributed by atoms with van der Waals surface area (Å²) < 4.78 is 33.1. The number of sulfonamides is 1. The van der Waals surface area contributed by atoms with Crippen LogP contribution in [0.1, 0.15) is 71.7 Å². The second kappa shape index (κ2) is 10.4. The Morgan fingerprint density at radius 2 is 1.74 bits per heavy atom. The fraction of sp³-hybridized carbons (Fsp3) is 0.538. The normalized spacial score (nSPS) is 22.9. The number of nitrogens with zero attached hydrogens (tertiary/aromatic N) is 1. The van der Waals surface area contributed by atoms with Crippen molar-refractivity contribution in [2.45, 2.75) is 58.3 Å². The summed E-state index contributed by atoms with van der Waals surface area (Å²) in [5.74, 6) is 0.353. The fourth-order valence-corrected chi connectivity index (χ4v) is 8.24. The molecule has 0 saturated carbocycles. The summed E-state index contributed by atoms with van der Waals surface area (Å²) in [6.45, 7) is 9.36. The van der Waals surface area contributed by atoms with E-state index in [2.05, 4.69) is 26.1 Å². The maximum Gasteiger partial charge on any atom is 0.341 e. The number of rotatable bonds is 6. The Hall–Kier alpha value is -2.23. The predicted molar refractivity (Wildman–Crippen MR) is 138 cm³/mol. The van der Waals surface area contributed by atoms with Gasteiger partial charge in [0.2, 0.25) is 10.0 Å². The molecular formula is C26H34N2O5S2. The number of carbonyl (C=O) groups excluding carboxylic acids is 2. The van der Waals surface area contributed by atoms with Crippen LogP contribution in [0, 0.1) is 17.8 Å². The first-order chi connectivity index (χ1) is 16.6. The third kappa shape index (κ3) is 5.47. The number of nitrogens with one attached hydrogen (secondary N) is 1. The lowest BCUT2D eigenvalue weighted by molar-refractivity contribution is 0.0526. The van der Waals surface area contributed by atoms with Crippen LogP contribution in [0.4, 0.5) is 5.00 Å². The molecule has 1 fully saturated rings. The van der Waals surface area contributed by atoms with Crippen molar-refractivity contribution in [3.8, 4) is 0 Å². The molecule has 0 spiro atoms. The smallest absolute Gasteiger partial charge is 0.341 e. The topological polar surface area (TPSA) is 92.8 Å². The van der Waals surface area contributed by atoms with Crippen LogP contribution in [0.5, 0.6) is 0 Å². The molecule has 4 rings (SSSR count). The van der Waals surface area contributed by atoms with Gasteiger partial charge in [0.1, 0.15) is 5.00 Å². The van der Waals surface area contributed by atoms with E-state index in [0.29, 0.717) is 47.0 Å². The van der Waals surface area contributed by atoms with Crippen molar-refractivity contribution in [1.29, 1.82) is 0 Å². The minimum Gasteiger partial charge on any atom is -0.462 e. The van der Waals surface area contributed by atoms with Gasteiger partial charge in [-0.1, -0.05) is 20.8 Å². The monoisotopic (exact) mass is 518 g/mol. The van der Waals surface area contributed by atoms with E-state index in [4.69, 9.17) is 4.74 Å². The van der Waals surface area contributed by atoms with Gasteiger partial charge in [-0.3, -0.25) is 4.79 Å². The minimum absolute atomic E-state index is 0.183. The Bertz CT molecular complexity index is 1190. The van der Waals surface area contributed by atoms with Crippen molar-refractivity contribution in [1.82, 2.24) is 4.31 Å². The molecule has 1 N–H and O–H groups in total. The van der Waals surface area contributed by atoms with Gasteiger partial charge in [0.05, 0.1) is 17.1 Å². The van der Waals surface area contributed by atoms with Crippen LogP contribution in [0.3, 0.4) is 0 Å². The summed E-state index contributed by atoms with van der Waals surface area (Å²) in [4.78, 5) is 27.1. The quantitative estimate of drug-likeness (QED) is 0.545. The molecule has 3 atom stereocenters. The Labute approximate surface area is 211 Å². The molecule has 0 bridgehead atoms. The Balaban J connectivity index is 1.55. The van der Waals surface area contributed by atoms with E-state index < -0.39 is 16.0 Å². The number of piperidine rings is 1. The zero-order valence-electron chi connectivity index (χ0n) is 20.8. The summed E-state index contributed by atoms with van der Waals surface area (Å²) in [6.07, 6.45) is 3.68. The second-order valence-electron chi connectivity index (χ2n) is 10.0. The molecule has 190 valence electrons. The Kier molecular flexibility index (Phi) is 7.68. The molecule has 35 heavy (non-hydrogen) atoms. The molecule has 2 aromatic rings. The van der Waals surface area contributed by atoms with Gasteiger partial charge in [-0.2, -0.15) is 4.31 Å². The number of hydrogen-bond donors (Lipinski definition) is 1. The van der Waals surface area contributed by atoms with Crippen molar-refractivity contribution in [3.63, 3.8) is 0 Å². The summed E-state index contributed by atoms with van der Waals surface area (Å²) in [7, 11) is -3.62. The zero-order valence-corrected chi connectivity index (χ0v) is 22.4. The highest BCUT2D eigenvalue weighted by molar-refractivity contribution is 7.89. The van der Waals surface area contributed by atoms with Gasteiger partial charge < -0.3 is 10.1 Å². The number of esters is 1. The molecule has 1 aromatic heterocycles. The number of hydrogen-bond acceptors (Lipinski definition) is 6. The fourth-order valence-electron chi connectivity index (χ4n) is 5.16. The van der Waals surface area contributed by atoms with E-state index in [-0.39, 0.29) is 17.4 Å². The molecule has 2 heterocycles. The second-order valence-corrected chi connectivity index (χ2v) is 13.1. The molecule has 1 aliphatic carbocycles. The first kappa shape index (κ1) is 25.9. The van der Waals surface area contributed by atoms with Crippen molar-refractivity contribution in [2.75, 3.05) is 25.0 Å². The molecule has 1 amide bonds. The van der Waals surface area contributed by atoms with E-state index in [9.17, 15) is 18.0 Å². The minimum atomic E-state index is -3.62. The van der Waals surface area contributed by atoms with Crippen LogP contribution < -0.4 is 5.32 Å². The largest absolute Gasteiger partial charge is 0.462 e. The van der Waals surface area contributed by atoms with Crippen LogP contribution in [-0.2, 0) is 27.6 Å². The molecule has 1 saturated heterocycles. The molecule has 1 aromatic carbocycles. The molecule has 9 heteroatoms. The Morgan fingerprint density at radius 1 is 1.09 bits per heavy atom. The SMILES string of the molecule is CCOC(=O)c1c(NC(=O)c2ccc(S(=O)(=O)N3C[C@H](C)C[C@H](C)C3)cc2)sc2c1CC[C@@H](C)C2. The van der Waals surface area contributed by atoms with Gasteiger partial charge in [-0.25, -0.2) is 13.2 Å². The highest BCUT2D eigenvalue weighted by atomic mass is 32.2. The van der Waals surface area contributed by atoms with E-state index in [1.165, 1.54) is 35.6 Å². The highest BCUT2D eigenvalue weighted by Crippen LogP contribution is 2.40. The molecule has 0 unspecified atom stereocenters. The van der Waals surface area contributed by atoms with Gasteiger partial charge in [0.15, 0.2) is 0 Å². The lowest BCUT2D eigenvalue weighted by Gasteiger charge is -2.34. The van der Waals surface area contributed by atoms with Crippen LogP contribution in [0.25, 0.3) is 0 Å². The predicted octanol–water partition coefficient (Wildman–Crippen LogP) is 4.97. The number of fused-ring (bicyclic) bond motifs is 1. The lowest BCUT2D eigenvalue weighted by Crippen LogP contribution is -2.42. The highest BCUT2D eigenvalue weighted by Gasteiger charge is 2.32. The van der Waals surface area contributed by atoms with Crippen molar-refractivity contribution in [2.24, 2.45) is 17.8 Å². The van der Waals surface area contributed by atoms with Gasteiger partial charge in [0.25, 0.3) is 5.91 Å². The van der Waals surface area contributed by atoms with E-state index in [0.717, 1.165) is 36.1 Å². The number of carbonyl (C=O) groups is 2. The third-order valence-corrected chi connectivity index (χ3v) is 9.82. The maximum absolute atomic E-state index is 13.1. The van der Waals surface area contributed by atoms with Gasteiger partial charge >= 0.3 is 5.97 Å². The molecule has 7 nitrogen and oxygen atoms in total. The summed E-state index contributed by atoms with van der Waals surface area (Å²) >= 11 is 1.43. The number of anilines is 1. The first-order valence-electron chi connectivity index (χ1n) is 12.3. The Morgan fingerprint density at radius 3 is 2.37 bits per heavy atom. The summed E-state index contributed by atoms with van der Waals surface area (Å²) in [5, 5.41) is 3.39. The van der Waals surface area contributed by atoms with Crippen molar-refractivity contribution < 1.29 is 22.7 Å². The molecular weight excluding hydrogens is 484 g/mol. The standard InChI is InChI=1S/C26H34N2O5S2/c1-5-33-26(30)23-21-11-6-16(2)13-22(21)34-25(23)27-24(29)19-7-9-20(10-8-19)35(31,32)28-14-17(3)12-18(4)15-28/h7-10,16-18H,5-6,11-15H2,1-4H3,(H,27,29)/t16-,17-,18+/m1/s1. The van der Waals surface area contributed by atoms with E-state index in [1.807, 2.05) is 0 Å². The number of amides is 1. The number of benzene rings is 1. The average Bonchev–Trinajstić information content (AvgIpc) is 3.15. The van der Waals surface area contributed by atoms with Gasteiger partial charge in [0, 0.05) is 23.5 Å². The van der Waals surface area contributed by atoms with Crippen molar-refractivity contribution in [3.05, 3.63) is 45.8 Å². The van der Waals surface area contributed by atoms with Crippen LogP contribution >= 0.6 is 11.3 Å². The van der Waals surface area contributed by atoms with Crippen molar-refractivity contribution >= 4 is 38.2 Å². The molecule has 2 aliphatic rings. The summed E-state index contributed by atoms with van der Waals surface area (Å²) in [6, 6.07) is 6.03. The molecule has 1 aliphatic heterocycles. The van der Waals surface area contributed by atoms with E-state index >= 15 is 0 Å². The number of thiophene rings is 1. The maximum atomic E-state index is 13.1. The van der Waals surface area contributed by atoms with Crippen LogP contribution in [0.15, 0.2) is 29.2 Å². The first-order valence-corrected chi connectivity index (χ1v) is 14.6. The third-order valence-electron chi connectivity index (χ3n) is 6.81. The van der Waals surface area contributed by atoms with E-state index in [1.54, 1.807) is 11.2 Å². The molecule has 0 radical (unpaired) electrons.